The Bertz CT molecular complexity index is 669. The number of carbonyl (C=O) groups is 2. The summed E-state index contributed by atoms with van der Waals surface area (Å²) in [6.45, 7) is 2.28. The van der Waals surface area contributed by atoms with E-state index < -0.39 is 29.7 Å². The summed E-state index contributed by atoms with van der Waals surface area (Å²) in [5.74, 6) is -0.569. The maximum atomic E-state index is 13.1. The number of imide groups is 1. The fraction of sp³-hybridized carbons (Fsp3) is 0.500. The largest absolute Gasteiger partial charge is 0.416 e. The van der Waals surface area contributed by atoms with Crippen LogP contribution in [0.2, 0.25) is 0 Å². The van der Waals surface area contributed by atoms with Crippen molar-refractivity contribution in [2.24, 2.45) is 5.92 Å². The second-order valence-corrected chi connectivity index (χ2v) is 6.00. The fourth-order valence-electron chi connectivity index (χ4n) is 3.27. The number of carbonyl (C=O) groups excluding carboxylic acids is 2. The summed E-state index contributed by atoms with van der Waals surface area (Å²) in [6, 6.07) is 2.10. The van der Waals surface area contributed by atoms with Crippen LogP contribution in [0.5, 0.6) is 0 Å². The summed E-state index contributed by atoms with van der Waals surface area (Å²) in [5, 5.41) is 2.61. The van der Waals surface area contributed by atoms with Gasteiger partial charge in [0.2, 0.25) is 0 Å². The zero-order chi connectivity index (χ0) is 17.5. The summed E-state index contributed by atoms with van der Waals surface area (Å²) in [7, 11) is 0. The molecule has 3 amide bonds. The predicted molar refractivity (Wildman–Crippen MR) is 79.5 cm³/mol. The van der Waals surface area contributed by atoms with Crippen LogP contribution in [0.3, 0.4) is 0 Å². The monoisotopic (exact) mass is 342 g/mol. The molecule has 0 radical (unpaired) electrons. The number of halogens is 3. The smallest absolute Gasteiger partial charge is 0.381 e. The molecule has 2 aliphatic heterocycles. The van der Waals surface area contributed by atoms with Gasteiger partial charge in [0.05, 0.1) is 11.3 Å². The van der Waals surface area contributed by atoms with Gasteiger partial charge >= 0.3 is 12.2 Å². The van der Waals surface area contributed by atoms with Gasteiger partial charge in [0.15, 0.2) is 0 Å². The molecule has 130 valence electrons. The summed E-state index contributed by atoms with van der Waals surface area (Å²) in [5.41, 5.74) is -1.02. The number of hydrogen-bond donors (Lipinski definition) is 1. The topological polar surface area (TPSA) is 58.6 Å². The van der Waals surface area contributed by atoms with Crippen LogP contribution in [0.25, 0.3) is 0 Å². The summed E-state index contributed by atoms with van der Waals surface area (Å²) in [6.07, 6.45) is -3.28. The van der Waals surface area contributed by atoms with E-state index in [9.17, 15) is 22.8 Å². The first kappa shape index (κ1) is 16.8. The minimum absolute atomic E-state index is 0.0260. The number of anilines is 1. The number of benzene rings is 1. The van der Waals surface area contributed by atoms with Crippen LogP contribution in [0.15, 0.2) is 18.2 Å². The van der Waals surface area contributed by atoms with Gasteiger partial charge in [-0.05, 0) is 43.4 Å². The molecule has 0 bridgehead atoms. The highest BCUT2D eigenvalue weighted by Gasteiger charge is 2.45. The zero-order valence-corrected chi connectivity index (χ0v) is 13.0. The lowest BCUT2D eigenvalue weighted by Gasteiger charge is -2.26. The minimum Gasteiger partial charge on any atom is -0.381 e. The molecule has 1 atom stereocenters. The third kappa shape index (κ3) is 2.86. The third-order valence-electron chi connectivity index (χ3n) is 4.56. The molecule has 1 aromatic rings. The van der Waals surface area contributed by atoms with Gasteiger partial charge in [-0.3, -0.25) is 4.79 Å². The van der Waals surface area contributed by atoms with E-state index in [0.29, 0.717) is 26.1 Å². The molecule has 1 aromatic carbocycles. The van der Waals surface area contributed by atoms with Crippen LogP contribution < -0.4 is 10.2 Å². The van der Waals surface area contributed by atoms with Gasteiger partial charge in [0.25, 0.3) is 5.91 Å². The number of hydrogen-bond acceptors (Lipinski definition) is 3. The van der Waals surface area contributed by atoms with Crippen molar-refractivity contribution >= 4 is 17.6 Å². The number of nitrogens with zero attached hydrogens (tertiary/aromatic N) is 1. The average Bonchev–Trinajstić information content (AvgIpc) is 2.82. The van der Waals surface area contributed by atoms with E-state index in [1.165, 1.54) is 19.1 Å². The lowest BCUT2D eigenvalue weighted by Crippen LogP contribution is -2.40. The molecule has 1 N–H and O–H groups in total. The number of nitrogens with one attached hydrogen (secondary N) is 1. The molecule has 3 rings (SSSR count). The molecule has 0 aliphatic carbocycles. The van der Waals surface area contributed by atoms with Crippen molar-refractivity contribution in [3.05, 3.63) is 29.3 Å². The van der Waals surface area contributed by atoms with Crippen molar-refractivity contribution in [1.82, 2.24) is 5.32 Å². The van der Waals surface area contributed by atoms with Gasteiger partial charge in [0, 0.05) is 13.2 Å². The molecule has 2 heterocycles. The van der Waals surface area contributed by atoms with Gasteiger partial charge in [-0.25, -0.2) is 9.69 Å². The Balaban J connectivity index is 1.92. The maximum Gasteiger partial charge on any atom is 0.416 e. The molecule has 1 unspecified atom stereocenters. The highest BCUT2D eigenvalue weighted by Crippen LogP contribution is 2.37. The maximum absolute atomic E-state index is 13.1. The van der Waals surface area contributed by atoms with Crippen molar-refractivity contribution in [1.29, 1.82) is 0 Å². The number of alkyl halides is 3. The zero-order valence-electron chi connectivity index (χ0n) is 13.0. The van der Waals surface area contributed by atoms with Crippen LogP contribution in [0.1, 0.15) is 24.0 Å². The molecule has 2 saturated heterocycles. The van der Waals surface area contributed by atoms with E-state index in [1.54, 1.807) is 0 Å². The Morgan fingerprint density at radius 3 is 2.50 bits per heavy atom. The third-order valence-corrected chi connectivity index (χ3v) is 4.56. The molecule has 0 saturated carbocycles. The van der Waals surface area contributed by atoms with Gasteiger partial charge in [-0.2, -0.15) is 13.2 Å². The van der Waals surface area contributed by atoms with Crippen LogP contribution in [0, 0.1) is 12.8 Å². The van der Waals surface area contributed by atoms with Gasteiger partial charge < -0.3 is 10.1 Å². The van der Waals surface area contributed by atoms with Gasteiger partial charge in [0.1, 0.15) is 6.04 Å². The quantitative estimate of drug-likeness (QED) is 0.841. The molecule has 0 spiro atoms. The Kier molecular flexibility index (Phi) is 4.25. The lowest BCUT2D eigenvalue weighted by molar-refractivity contribution is -0.138. The van der Waals surface area contributed by atoms with Crippen molar-refractivity contribution in [3.63, 3.8) is 0 Å². The number of ether oxygens (including phenoxy) is 1. The van der Waals surface area contributed by atoms with E-state index >= 15 is 0 Å². The average molecular weight is 342 g/mol. The number of urea groups is 1. The van der Waals surface area contributed by atoms with E-state index in [2.05, 4.69) is 5.32 Å². The molecule has 2 fully saturated rings. The second-order valence-electron chi connectivity index (χ2n) is 6.00. The molecule has 0 aromatic heterocycles. The van der Waals surface area contributed by atoms with Crippen molar-refractivity contribution < 1.29 is 27.5 Å². The number of rotatable bonds is 2. The molecular formula is C16H17F3N2O3. The second kappa shape index (κ2) is 6.08. The molecule has 2 aliphatic rings. The summed E-state index contributed by atoms with van der Waals surface area (Å²) >= 11 is 0. The highest BCUT2D eigenvalue weighted by atomic mass is 19.4. The van der Waals surface area contributed by atoms with Crippen LogP contribution in [-0.4, -0.2) is 31.2 Å². The van der Waals surface area contributed by atoms with Crippen LogP contribution in [0.4, 0.5) is 23.7 Å². The van der Waals surface area contributed by atoms with E-state index in [-0.39, 0.29) is 17.2 Å². The molecular weight excluding hydrogens is 325 g/mol. The van der Waals surface area contributed by atoms with E-state index in [4.69, 9.17) is 4.74 Å². The van der Waals surface area contributed by atoms with Gasteiger partial charge in [-0.15, -0.1) is 0 Å². The van der Waals surface area contributed by atoms with Crippen molar-refractivity contribution in [2.75, 3.05) is 18.1 Å². The lowest BCUT2D eigenvalue weighted by atomic mass is 9.91. The molecule has 8 heteroatoms. The molecule has 24 heavy (non-hydrogen) atoms. The van der Waals surface area contributed by atoms with Crippen molar-refractivity contribution in [3.8, 4) is 0 Å². The summed E-state index contributed by atoms with van der Waals surface area (Å²) < 4.78 is 44.4. The Hall–Kier alpha value is -2.09. The summed E-state index contributed by atoms with van der Waals surface area (Å²) in [4.78, 5) is 25.7. The number of amides is 3. The standard InChI is InChI=1S/C16H17F3N2O3/c1-9-11(16(17,18)19)3-2-4-12(9)21-14(22)13(20-15(21)23)10-5-7-24-8-6-10/h2-4,10,13H,5-8H2,1H3,(H,20,23). The van der Waals surface area contributed by atoms with E-state index in [0.717, 1.165) is 11.0 Å². The van der Waals surface area contributed by atoms with Crippen LogP contribution in [-0.2, 0) is 15.7 Å². The SMILES string of the molecule is Cc1c(N2C(=O)NC(C3CCOCC3)C2=O)cccc1C(F)(F)F. The first-order chi connectivity index (χ1) is 11.3. The first-order valence-corrected chi connectivity index (χ1v) is 7.69. The predicted octanol–water partition coefficient (Wildman–Crippen LogP) is 2.87. The Morgan fingerprint density at radius 1 is 1.21 bits per heavy atom. The normalized spacial score (nSPS) is 22.8. The van der Waals surface area contributed by atoms with E-state index in [1.807, 2.05) is 0 Å². The molecule has 5 nitrogen and oxygen atoms in total. The minimum atomic E-state index is -4.54. The first-order valence-electron chi connectivity index (χ1n) is 7.69. The fourth-order valence-corrected chi connectivity index (χ4v) is 3.27. The Labute approximate surface area is 136 Å². The van der Waals surface area contributed by atoms with Gasteiger partial charge in [-0.1, -0.05) is 6.07 Å². The van der Waals surface area contributed by atoms with Crippen molar-refractivity contribution in [2.45, 2.75) is 32.0 Å². The highest BCUT2D eigenvalue weighted by molar-refractivity contribution is 6.21. The Morgan fingerprint density at radius 2 is 1.88 bits per heavy atom. The van der Waals surface area contributed by atoms with Crippen LogP contribution >= 0.6 is 0 Å².